The van der Waals surface area contributed by atoms with Gasteiger partial charge in [-0.2, -0.15) is 22.0 Å². The fourth-order valence-electron chi connectivity index (χ4n) is 7.51. The van der Waals surface area contributed by atoms with E-state index in [-0.39, 0.29) is 105 Å². The molecule has 3 unspecified atom stereocenters. The Kier molecular flexibility index (Phi) is 20.1. The van der Waals surface area contributed by atoms with Gasteiger partial charge in [-0.15, -0.1) is 0 Å². The molecule has 37 heteroatoms. The molecule has 2 aromatic carbocycles. The number of aromatic carboxylic acids is 1. The smallest absolute Gasteiger partial charge is 0.478 e. The van der Waals surface area contributed by atoms with Crippen LogP contribution in [0, 0.1) is 24.2 Å². The lowest BCUT2D eigenvalue weighted by Crippen LogP contribution is -2.44. The quantitative estimate of drug-likeness (QED) is 0.00420. The normalized spacial score (nSPS) is 17.2. The molecule has 5 atom stereocenters. The number of carboxylic acid groups (broad SMARTS) is 1. The van der Waals surface area contributed by atoms with Gasteiger partial charge in [-0.3, -0.25) is 23.2 Å². The molecule has 3 heterocycles. The van der Waals surface area contributed by atoms with E-state index in [0.29, 0.717) is 11.5 Å². The van der Waals surface area contributed by atoms with Crippen LogP contribution in [-0.2, 0) is 51.2 Å². The lowest BCUT2D eigenvalue weighted by Gasteiger charge is -2.36. The number of nitrogens with two attached hydrogens (primary N) is 2. The Hall–Kier alpha value is -6.17. The van der Waals surface area contributed by atoms with Crippen LogP contribution < -0.4 is 33.1 Å². The summed E-state index contributed by atoms with van der Waals surface area (Å²) in [5, 5.41) is 27.2. The van der Waals surface area contributed by atoms with Gasteiger partial charge in [0, 0.05) is 63.2 Å². The lowest BCUT2D eigenvalue weighted by atomic mass is 9.88. The van der Waals surface area contributed by atoms with E-state index < -0.39 is 93.4 Å². The van der Waals surface area contributed by atoms with Crippen molar-refractivity contribution in [2.24, 2.45) is 5.11 Å². The molecule has 0 spiro atoms. The van der Waals surface area contributed by atoms with E-state index in [1.54, 1.807) is 0 Å². The number of aromatic nitrogens is 2. The zero-order valence-corrected chi connectivity index (χ0v) is 45.1. The number of benzene rings is 3. The second-order valence-electron chi connectivity index (χ2n) is 16.1. The molecule has 418 valence electrons. The van der Waals surface area contributed by atoms with E-state index in [2.05, 4.69) is 46.1 Å². The number of anilines is 2. The van der Waals surface area contributed by atoms with Gasteiger partial charge >= 0.3 is 35.1 Å². The fourth-order valence-corrected chi connectivity index (χ4v) is 13.2. The van der Waals surface area contributed by atoms with E-state index in [9.17, 15) is 60.7 Å². The van der Waals surface area contributed by atoms with Gasteiger partial charge in [0.15, 0.2) is 10.5 Å². The minimum atomic E-state index is -5.85. The Morgan fingerprint density at radius 1 is 1.03 bits per heavy atom. The molecule has 0 saturated carbocycles. The van der Waals surface area contributed by atoms with Crippen LogP contribution in [0.4, 0.5) is 11.5 Å². The Bertz CT molecular complexity index is 3640. The summed E-state index contributed by atoms with van der Waals surface area (Å²) < 4.78 is 101. The van der Waals surface area contributed by atoms with Gasteiger partial charge in [-0.05, 0) is 73.3 Å². The van der Waals surface area contributed by atoms with Gasteiger partial charge in [-0.25, -0.2) is 23.3 Å². The van der Waals surface area contributed by atoms with Crippen LogP contribution in [-0.4, -0.2) is 115 Å². The number of rotatable bonds is 23. The lowest BCUT2D eigenvalue weighted by molar-refractivity contribution is -0.174. The van der Waals surface area contributed by atoms with Gasteiger partial charge in [0.2, 0.25) is 5.91 Å². The third kappa shape index (κ3) is 16.0. The summed E-state index contributed by atoms with van der Waals surface area (Å²) in [5.74, 6) is 3.51. The summed E-state index contributed by atoms with van der Waals surface area (Å²) in [6, 6.07) is 9.38. The number of amides is 2. The number of carbonyl (C=O) groups is 3. The van der Waals surface area contributed by atoms with Crippen LogP contribution in [0.2, 0.25) is 0 Å². The van der Waals surface area contributed by atoms with Crippen LogP contribution in [0.15, 0.2) is 67.9 Å². The van der Waals surface area contributed by atoms with Crippen molar-refractivity contribution in [3.8, 4) is 34.3 Å². The number of hydrogen-bond donors (Lipinski definition) is 11. The molecule has 1 aliphatic carbocycles. The first kappa shape index (κ1) is 61.0. The van der Waals surface area contributed by atoms with Gasteiger partial charge in [-0.1, -0.05) is 38.5 Å². The molecule has 2 amide bonds. The first-order valence-corrected chi connectivity index (χ1v) is 30.5. The number of hydrogen-bond acceptors (Lipinski definition) is 22. The molecular formula is C41H45N10O21P3S3. The molecule has 1 saturated heterocycles. The van der Waals surface area contributed by atoms with Crippen molar-refractivity contribution in [2.45, 2.75) is 49.5 Å². The Morgan fingerprint density at radius 2 is 1.76 bits per heavy atom. The third-order valence-corrected chi connectivity index (χ3v) is 18.0. The van der Waals surface area contributed by atoms with E-state index in [4.69, 9.17) is 50.6 Å². The first-order chi connectivity index (χ1) is 36.6. The number of phosphoric ester groups is 1. The predicted octanol–water partition coefficient (Wildman–Crippen LogP) is 4.00. The molecule has 3 aromatic rings. The molecule has 78 heavy (non-hydrogen) atoms. The van der Waals surface area contributed by atoms with Crippen LogP contribution >= 0.6 is 45.1 Å². The number of nitrogen functional groups attached to an aromatic ring is 2. The standard InChI is InChI=1S/C41H45N10O21P3S3/c1-21-28(42)8-6-25-34(26-7-9-29(43)37(78(64,65)66)36(26)70-35(21)25)27-17-22(4-5-24(27)40(54)55)39(53)47-14-16-77-76-15-12-32(52)46-13-2-3-23-18-51(41(56)49-38(23)44)33-11-10-30(67-20-48-50-45)31(69-33)19-68-74(60,61)72-75(62,63)71-73(57,58)59/h4-9,17-18,30-31,33,42H,10-16,19-20,43H2,1H3,(H,46,52)(H,47,53)(H,54,55)(H,60,61)(H,62,63)(H2,44,49,56)(H2,57,58,59)(H,64,65,66)/t30?,31-,33-/m1/s1. The third-order valence-electron chi connectivity index (χ3n) is 10.9. The van der Waals surface area contributed by atoms with Crippen molar-refractivity contribution in [1.82, 2.24) is 20.2 Å². The molecule has 31 nitrogen and oxygen atoms in total. The first-order valence-electron chi connectivity index (χ1n) is 22.0. The van der Waals surface area contributed by atoms with Crippen LogP contribution in [0.25, 0.3) is 43.9 Å². The number of carbonyl (C=O) groups excluding carboxylic acids is 2. The van der Waals surface area contributed by atoms with Crippen molar-refractivity contribution in [3.63, 3.8) is 0 Å². The average Bonchev–Trinajstić information content (AvgIpc) is 3.51. The highest BCUT2D eigenvalue weighted by atomic mass is 33.1. The van der Waals surface area contributed by atoms with Crippen LogP contribution in [0.3, 0.4) is 0 Å². The topological polar surface area (TPSA) is 501 Å². The number of phosphoric acid groups is 3. The maximum Gasteiger partial charge on any atom is 0.490 e. The Balaban J connectivity index is 1.01. The number of carboxylic acids is 1. The SMILES string of the molecule is Cc1c2oc3c(S(=O)(=O)O)c(N)ccc3c(-c3cc(C(=O)NCCSSCCC(=O)NCC#Cc4cn([C@H]5CCC(OCN=[N+]=[N-])[C@@H](COP(=O)(O)OP(=O)(O)OP(=O)(O)O)O5)c(=O)nc4N)ccc3C(=O)O)c-2ccc1=N. The second kappa shape index (κ2) is 25.7. The minimum absolute atomic E-state index is 0.00233. The number of nitrogens with one attached hydrogen (secondary N) is 3. The summed E-state index contributed by atoms with van der Waals surface area (Å²) in [4.78, 5) is 94.1. The van der Waals surface area contributed by atoms with Gasteiger partial charge in [0.1, 0.15) is 30.6 Å². The molecule has 3 aliphatic rings. The second-order valence-corrected chi connectivity index (χ2v) is 24.6. The maximum atomic E-state index is 13.4. The highest BCUT2D eigenvalue weighted by Gasteiger charge is 2.43. The highest BCUT2D eigenvalue weighted by Crippen LogP contribution is 2.66. The Morgan fingerprint density at radius 3 is 2.45 bits per heavy atom. The fraction of sp³-hybridized carbons (Fsp3) is 0.317. The Labute approximate surface area is 447 Å². The van der Waals surface area contributed by atoms with Gasteiger partial charge < -0.3 is 66.1 Å². The molecule has 13 N–H and O–H groups in total. The molecule has 0 radical (unpaired) electrons. The molecule has 2 aliphatic heterocycles. The zero-order chi connectivity index (χ0) is 57.3. The summed E-state index contributed by atoms with van der Waals surface area (Å²) in [7, 11) is -19.4. The molecule has 0 bridgehead atoms. The summed E-state index contributed by atoms with van der Waals surface area (Å²) in [6.45, 7) is 0.00488. The summed E-state index contributed by atoms with van der Waals surface area (Å²) in [5.41, 5.74) is 19.4. The van der Waals surface area contributed by atoms with Crippen molar-refractivity contribution in [2.75, 3.05) is 49.4 Å². The number of nitrogens with zero attached hydrogens (tertiary/aromatic N) is 5. The van der Waals surface area contributed by atoms with Crippen LogP contribution in [0.1, 0.15) is 57.3 Å². The molecule has 1 fully saturated rings. The van der Waals surface area contributed by atoms with E-state index >= 15 is 0 Å². The zero-order valence-electron chi connectivity index (χ0n) is 40.0. The van der Waals surface area contributed by atoms with Crippen molar-refractivity contribution >= 4 is 95.4 Å². The van der Waals surface area contributed by atoms with Crippen molar-refractivity contribution < 1.29 is 92.8 Å². The van der Waals surface area contributed by atoms with E-state index in [1.165, 1.54) is 77.2 Å². The maximum absolute atomic E-state index is 13.4. The molecule has 1 aromatic heterocycles. The highest BCUT2D eigenvalue weighted by molar-refractivity contribution is 8.76. The largest absolute Gasteiger partial charge is 0.490 e. The summed E-state index contributed by atoms with van der Waals surface area (Å²) >= 11 is 0. The van der Waals surface area contributed by atoms with Crippen molar-refractivity contribution in [1.29, 1.82) is 5.41 Å². The number of fused-ring (bicyclic) bond motifs is 2. The van der Waals surface area contributed by atoms with Gasteiger partial charge in [0.25, 0.3) is 16.0 Å². The minimum Gasteiger partial charge on any atom is -0.478 e. The van der Waals surface area contributed by atoms with Crippen molar-refractivity contribution in [3.05, 3.63) is 97.2 Å². The molecule has 6 rings (SSSR count). The van der Waals surface area contributed by atoms with Gasteiger partial charge in [0.05, 0.1) is 41.4 Å². The summed E-state index contributed by atoms with van der Waals surface area (Å²) in [6.07, 6.45) is -2.35. The number of azide groups is 1. The van der Waals surface area contributed by atoms with Crippen LogP contribution in [0.5, 0.6) is 0 Å². The predicted molar refractivity (Wildman–Crippen MR) is 277 cm³/mol. The van der Waals surface area contributed by atoms with E-state index in [0.717, 1.165) is 4.57 Å². The van der Waals surface area contributed by atoms with E-state index in [1.807, 2.05) is 0 Å². The monoisotopic (exact) mass is 1200 g/mol. The molecular weight excluding hydrogens is 1160 g/mol. The number of ether oxygens (including phenoxy) is 2. The average molecular weight is 1200 g/mol.